The Balaban J connectivity index is 2.14. The summed E-state index contributed by atoms with van der Waals surface area (Å²) in [6.07, 6.45) is 1.91. The van der Waals surface area contributed by atoms with Crippen molar-refractivity contribution >= 4 is 0 Å². The quantitative estimate of drug-likeness (QED) is 0.650. The number of rotatable bonds is 5. The van der Waals surface area contributed by atoms with E-state index in [4.69, 9.17) is 5.84 Å². The van der Waals surface area contributed by atoms with E-state index in [0.717, 1.165) is 12.8 Å². The molecule has 0 aromatic heterocycles. The van der Waals surface area contributed by atoms with E-state index in [1.807, 2.05) is 0 Å². The molecule has 0 saturated carbocycles. The van der Waals surface area contributed by atoms with Gasteiger partial charge in [0.25, 0.3) is 0 Å². The summed E-state index contributed by atoms with van der Waals surface area (Å²) in [4.78, 5) is 0. The second-order valence-electron chi connectivity index (χ2n) is 6.13. The van der Waals surface area contributed by atoms with Crippen molar-refractivity contribution in [2.45, 2.75) is 46.6 Å². The molecule has 0 bridgehead atoms. The van der Waals surface area contributed by atoms with Gasteiger partial charge < -0.3 is 0 Å². The summed E-state index contributed by atoms with van der Waals surface area (Å²) < 4.78 is 0. The SMILES string of the molecule is Cc1ccc(CC(Cc2c(C)cc(C)cc2C)NN)cc1. The van der Waals surface area contributed by atoms with Gasteiger partial charge in [-0.2, -0.15) is 0 Å². The van der Waals surface area contributed by atoms with Crippen molar-refractivity contribution < 1.29 is 0 Å². The monoisotopic (exact) mass is 282 g/mol. The number of hydrogen-bond donors (Lipinski definition) is 2. The third kappa shape index (κ3) is 4.16. The van der Waals surface area contributed by atoms with Gasteiger partial charge in [0.05, 0.1) is 0 Å². The van der Waals surface area contributed by atoms with E-state index in [9.17, 15) is 0 Å². The number of hydrazine groups is 1. The maximum absolute atomic E-state index is 5.78. The molecule has 2 aromatic rings. The van der Waals surface area contributed by atoms with E-state index in [0.29, 0.717) is 0 Å². The Morgan fingerprint density at radius 2 is 1.43 bits per heavy atom. The highest BCUT2D eigenvalue weighted by Gasteiger charge is 2.12. The Labute approximate surface area is 128 Å². The van der Waals surface area contributed by atoms with Crippen LogP contribution in [-0.2, 0) is 12.8 Å². The highest BCUT2D eigenvalue weighted by Crippen LogP contribution is 2.19. The van der Waals surface area contributed by atoms with Crippen LogP contribution in [0.5, 0.6) is 0 Å². The van der Waals surface area contributed by atoms with Crippen molar-refractivity contribution in [2.75, 3.05) is 0 Å². The average molecular weight is 282 g/mol. The molecule has 2 nitrogen and oxygen atoms in total. The Morgan fingerprint density at radius 3 is 1.95 bits per heavy atom. The lowest BCUT2D eigenvalue weighted by atomic mass is 9.92. The fourth-order valence-electron chi connectivity index (χ4n) is 2.98. The van der Waals surface area contributed by atoms with Crippen LogP contribution in [0.3, 0.4) is 0 Å². The van der Waals surface area contributed by atoms with Crippen LogP contribution in [0.25, 0.3) is 0 Å². The molecule has 21 heavy (non-hydrogen) atoms. The molecule has 0 aliphatic rings. The number of benzene rings is 2. The fraction of sp³-hybridized carbons (Fsp3) is 0.368. The Morgan fingerprint density at radius 1 is 0.857 bits per heavy atom. The zero-order valence-electron chi connectivity index (χ0n) is 13.5. The molecule has 3 N–H and O–H groups in total. The Kier molecular flexibility index (Phi) is 5.16. The summed E-state index contributed by atoms with van der Waals surface area (Å²) in [5.41, 5.74) is 11.1. The van der Waals surface area contributed by atoms with Crippen molar-refractivity contribution in [3.8, 4) is 0 Å². The van der Waals surface area contributed by atoms with Gasteiger partial charge in [-0.15, -0.1) is 0 Å². The third-order valence-electron chi connectivity index (χ3n) is 4.13. The lowest BCUT2D eigenvalue weighted by molar-refractivity contribution is 0.520. The topological polar surface area (TPSA) is 38.0 Å². The van der Waals surface area contributed by atoms with Crippen molar-refractivity contribution in [1.82, 2.24) is 5.43 Å². The molecule has 2 aromatic carbocycles. The van der Waals surface area contributed by atoms with Crippen LogP contribution in [0.1, 0.15) is 33.4 Å². The predicted molar refractivity (Wildman–Crippen MR) is 90.4 cm³/mol. The van der Waals surface area contributed by atoms with Gasteiger partial charge in [0, 0.05) is 6.04 Å². The minimum Gasteiger partial charge on any atom is -0.271 e. The maximum atomic E-state index is 5.78. The third-order valence-corrected chi connectivity index (χ3v) is 4.13. The van der Waals surface area contributed by atoms with Crippen LogP contribution in [0.2, 0.25) is 0 Å². The van der Waals surface area contributed by atoms with Gasteiger partial charge in [0.2, 0.25) is 0 Å². The molecule has 0 radical (unpaired) electrons. The largest absolute Gasteiger partial charge is 0.271 e. The standard InChI is InChI=1S/C19H26N2/c1-13-5-7-17(8-6-13)11-18(21-20)12-19-15(3)9-14(2)10-16(19)4/h5-10,18,21H,11-12,20H2,1-4H3. The van der Waals surface area contributed by atoms with Gasteiger partial charge in [0.1, 0.15) is 0 Å². The normalized spacial score (nSPS) is 12.4. The molecule has 2 rings (SSSR count). The molecule has 0 saturated heterocycles. The molecular formula is C19H26N2. The molecule has 1 atom stereocenters. The molecule has 0 spiro atoms. The van der Waals surface area contributed by atoms with Crippen molar-refractivity contribution in [2.24, 2.45) is 5.84 Å². The summed E-state index contributed by atoms with van der Waals surface area (Å²) in [5, 5.41) is 0. The van der Waals surface area contributed by atoms with Gasteiger partial charge >= 0.3 is 0 Å². The van der Waals surface area contributed by atoms with Crippen LogP contribution in [0, 0.1) is 27.7 Å². The van der Waals surface area contributed by atoms with Gasteiger partial charge in [-0.05, 0) is 62.8 Å². The lowest BCUT2D eigenvalue weighted by Crippen LogP contribution is -2.38. The number of aryl methyl sites for hydroxylation is 4. The van der Waals surface area contributed by atoms with Gasteiger partial charge in [-0.25, -0.2) is 0 Å². The minimum atomic E-state index is 0.257. The van der Waals surface area contributed by atoms with Crippen molar-refractivity contribution in [3.63, 3.8) is 0 Å². The van der Waals surface area contributed by atoms with Crippen LogP contribution in [0.15, 0.2) is 36.4 Å². The number of hydrogen-bond acceptors (Lipinski definition) is 2. The van der Waals surface area contributed by atoms with E-state index in [1.165, 1.54) is 33.4 Å². The maximum Gasteiger partial charge on any atom is 0.0291 e. The smallest absolute Gasteiger partial charge is 0.0291 e. The number of nitrogens with one attached hydrogen (secondary N) is 1. The molecule has 0 amide bonds. The summed E-state index contributed by atoms with van der Waals surface area (Å²) in [5.74, 6) is 5.78. The minimum absolute atomic E-state index is 0.257. The van der Waals surface area contributed by atoms with E-state index in [1.54, 1.807) is 0 Å². The summed E-state index contributed by atoms with van der Waals surface area (Å²) >= 11 is 0. The molecule has 0 fully saturated rings. The average Bonchev–Trinajstić information content (AvgIpc) is 2.43. The van der Waals surface area contributed by atoms with E-state index >= 15 is 0 Å². The molecule has 112 valence electrons. The second kappa shape index (κ2) is 6.88. The van der Waals surface area contributed by atoms with Crippen LogP contribution in [0.4, 0.5) is 0 Å². The van der Waals surface area contributed by atoms with Crippen LogP contribution in [-0.4, -0.2) is 6.04 Å². The van der Waals surface area contributed by atoms with Crippen molar-refractivity contribution in [1.29, 1.82) is 0 Å². The molecule has 1 unspecified atom stereocenters. The fourth-order valence-corrected chi connectivity index (χ4v) is 2.98. The predicted octanol–water partition coefficient (Wildman–Crippen LogP) is 3.54. The highest BCUT2D eigenvalue weighted by atomic mass is 15.2. The molecule has 0 heterocycles. The van der Waals surface area contributed by atoms with E-state index in [-0.39, 0.29) is 6.04 Å². The highest BCUT2D eigenvalue weighted by molar-refractivity contribution is 5.38. The van der Waals surface area contributed by atoms with E-state index in [2.05, 4.69) is 69.5 Å². The van der Waals surface area contributed by atoms with Gasteiger partial charge in [-0.3, -0.25) is 11.3 Å². The molecule has 2 heteroatoms. The zero-order valence-corrected chi connectivity index (χ0v) is 13.5. The summed E-state index contributed by atoms with van der Waals surface area (Å²) in [6.45, 7) is 8.64. The first-order valence-corrected chi connectivity index (χ1v) is 7.58. The van der Waals surface area contributed by atoms with Gasteiger partial charge in [-0.1, -0.05) is 47.5 Å². The lowest BCUT2D eigenvalue weighted by Gasteiger charge is -2.19. The zero-order chi connectivity index (χ0) is 15.4. The van der Waals surface area contributed by atoms with Crippen LogP contribution < -0.4 is 11.3 Å². The first-order valence-electron chi connectivity index (χ1n) is 7.58. The van der Waals surface area contributed by atoms with E-state index < -0.39 is 0 Å². The molecule has 0 aliphatic heterocycles. The Hall–Kier alpha value is -1.64. The first-order chi connectivity index (χ1) is 9.99. The van der Waals surface area contributed by atoms with Gasteiger partial charge in [0.15, 0.2) is 0 Å². The summed E-state index contributed by atoms with van der Waals surface area (Å²) in [6, 6.07) is 13.5. The molecule has 0 aliphatic carbocycles. The first kappa shape index (κ1) is 15.7. The second-order valence-corrected chi connectivity index (χ2v) is 6.13. The summed E-state index contributed by atoms with van der Waals surface area (Å²) in [7, 11) is 0. The Bertz CT molecular complexity index is 576. The van der Waals surface area contributed by atoms with Crippen molar-refractivity contribution in [3.05, 3.63) is 69.8 Å². The van der Waals surface area contributed by atoms with Crippen LogP contribution >= 0.6 is 0 Å². The molecular weight excluding hydrogens is 256 g/mol. The number of nitrogens with two attached hydrogens (primary N) is 1.